The number of ketones is 2. The third-order valence-electron chi connectivity index (χ3n) is 9.56. The molecule has 10 atom stereocenters. The molecule has 0 aromatic carbocycles. The largest absolute Gasteiger partial charge is 0.390 e. The lowest BCUT2D eigenvalue weighted by atomic mass is 9.44. The zero-order valence-corrected chi connectivity index (χ0v) is 20.9. The normalized spacial score (nSPS) is 48.4. The second kappa shape index (κ2) is 8.36. The molecule has 0 aromatic rings. The van der Waals surface area contributed by atoms with E-state index in [0.717, 1.165) is 6.08 Å². The van der Waals surface area contributed by atoms with Crippen molar-refractivity contribution in [2.24, 2.45) is 28.6 Å². The predicted molar refractivity (Wildman–Crippen MR) is 127 cm³/mol. The van der Waals surface area contributed by atoms with Crippen molar-refractivity contribution in [3.05, 3.63) is 23.8 Å². The first-order valence-electron chi connectivity index (χ1n) is 12.1. The van der Waals surface area contributed by atoms with Crippen LogP contribution >= 0.6 is 12.2 Å². The molecule has 4 aliphatic rings. The van der Waals surface area contributed by atoms with Gasteiger partial charge in [-0.2, -0.15) is 0 Å². The number of carbonyl (C=O) groups excluding carboxylic acids is 2. The Labute approximate surface area is 204 Å². The van der Waals surface area contributed by atoms with Crippen molar-refractivity contribution < 1.29 is 33.3 Å². The molecule has 34 heavy (non-hydrogen) atoms. The quantitative estimate of drug-likeness (QED) is 0.547. The second-order valence-electron chi connectivity index (χ2n) is 11.0. The van der Waals surface area contributed by atoms with E-state index in [2.05, 4.69) is 0 Å². The van der Waals surface area contributed by atoms with Crippen LogP contribution in [0.15, 0.2) is 23.8 Å². The number of hydrogen-bond donors (Lipinski definition) is 2. The molecule has 0 bridgehead atoms. The fraction of sp³-hybridized carbons (Fsp3) is 0.731. The Kier molecular flexibility index (Phi) is 6.32. The molecule has 0 spiro atoms. The number of aliphatic hydroxyl groups excluding tert-OH is 1. The molecule has 0 amide bonds. The fourth-order valence-corrected chi connectivity index (χ4v) is 8.02. The van der Waals surface area contributed by atoms with E-state index in [-0.39, 0.29) is 31.4 Å². The zero-order chi connectivity index (χ0) is 25.3. The summed E-state index contributed by atoms with van der Waals surface area (Å²) < 4.78 is 38.3. The molecule has 3 fully saturated rings. The van der Waals surface area contributed by atoms with Gasteiger partial charge in [0.25, 0.3) is 0 Å². The van der Waals surface area contributed by atoms with Gasteiger partial charge in [0.1, 0.15) is 17.9 Å². The molecular formula is C26H34F2O5S. The highest BCUT2D eigenvalue weighted by molar-refractivity contribution is 7.78. The average Bonchev–Trinajstić information content (AvgIpc) is 2.98. The number of halogens is 2. The summed E-state index contributed by atoms with van der Waals surface area (Å²) in [6.45, 7) is 6.99. The van der Waals surface area contributed by atoms with Gasteiger partial charge < -0.3 is 14.9 Å². The van der Waals surface area contributed by atoms with Gasteiger partial charge in [-0.25, -0.2) is 8.78 Å². The topological polar surface area (TPSA) is 83.8 Å². The lowest BCUT2D eigenvalue weighted by Crippen LogP contribution is -2.71. The third kappa shape index (κ3) is 3.07. The van der Waals surface area contributed by atoms with Gasteiger partial charge in [0.15, 0.2) is 17.2 Å². The maximum atomic E-state index is 17.2. The van der Waals surface area contributed by atoms with E-state index >= 15 is 8.78 Å². The van der Waals surface area contributed by atoms with Crippen molar-refractivity contribution in [3.8, 4) is 0 Å². The summed E-state index contributed by atoms with van der Waals surface area (Å²) in [5.74, 6) is -2.97. The highest BCUT2D eigenvalue weighted by Crippen LogP contribution is 2.71. The minimum Gasteiger partial charge on any atom is -0.390 e. The van der Waals surface area contributed by atoms with Gasteiger partial charge in [0, 0.05) is 29.8 Å². The Balaban J connectivity index is 1.81. The van der Waals surface area contributed by atoms with Crippen LogP contribution in [0.2, 0.25) is 0 Å². The van der Waals surface area contributed by atoms with Crippen LogP contribution in [0.25, 0.3) is 0 Å². The standard InChI is InChI=1S/C26H34F2O5S/c1-5-33-20(7-9-34)22(31)26(32)14(2)10-16-17-12-19(27)18-11-15(29)6-8-23(18,3)25(17,28)21(30)13-24(16,26)4/h6,8-9,11,14,16-17,19-21,30,32H,5,7,10,12-13H2,1-4H3/t14-,16+,17+,19+,20?,21+,23+,24+,25+,26+/m1/s1. The number of rotatable bonds is 6. The van der Waals surface area contributed by atoms with Crippen molar-refractivity contribution in [3.63, 3.8) is 0 Å². The molecule has 0 radical (unpaired) electrons. The minimum absolute atomic E-state index is 0.0520. The fourth-order valence-electron chi connectivity index (χ4n) is 7.85. The van der Waals surface area contributed by atoms with Gasteiger partial charge in [-0.1, -0.05) is 32.1 Å². The summed E-state index contributed by atoms with van der Waals surface area (Å²) in [6, 6.07) is 0. The van der Waals surface area contributed by atoms with E-state index in [0.29, 0.717) is 6.42 Å². The third-order valence-corrected chi connectivity index (χ3v) is 9.75. The predicted octanol–water partition coefficient (Wildman–Crippen LogP) is 3.65. The summed E-state index contributed by atoms with van der Waals surface area (Å²) >= 11 is 4.94. The number of thiocarbonyl (C=S) groups is 1. The van der Waals surface area contributed by atoms with Crippen LogP contribution in [0.1, 0.15) is 53.4 Å². The van der Waals surface area contributed by atoms with Gasteiger partial charge in [-0.05, 0) is 68.0 Å². The van der Waals surface area contributed by atoms with Gasteiger partial charge in [-0.15, -0.1) is 0 Å². The van der Waals surface area contributed by atoms with E-state index in [9.17, 15) is 19.8 Å². The van der Waals surface area contributed by atoms with Crippen LogP contribution < -0.4 is 0 Å². The first-order chi connectivity index (χ1) is 15.8. The maximum absolute atomic E-state index is 17.2. The molecule has 0 aromatic heterocycles. The SMILES string of the molecule is CCOC(CC=S)C(=O)[C@@]1(O)[C@H](C)C[C@H]2[C@@H]3C[C@H](F)C4=CC(=O)C=C[C@]4(C)[C@@]3(F)[C@@H](O)C[C@@]21C. The van der Waals surface area contributed by atoms with Crippen molar-refractivity contribution >= 4 is 29.2 Å². The van der Waals surface area contributed by atoms with E-state index in [1.165, 1.54) is 24.4 Å². The number of Topliss-reactive ketones (excluding diaryl/α,β-unsaturated/α-hetero) is 1. The van der Waals surface area contributed by atoms with E-state index < -0.39 is 69.8 Å². The van der Waals surface area contributed by atoms with Crippen LogP contribution in [0.4, 0.5) is 8.78 Å². The number of hydrogen-bond acceptors (Lipinski definition) is 6. The summed E-state index contributed by atoms with van der Waals surface area (Å²) in [4.78, 5) is 25.7. The number of ether oxygens (including phenoxy) is 1. The molecule has 1 unspecified atom stereocenters. The number of fused-ring (bicyclic) bond motifs is 5. The second-order valence-corrected chi connectivity index (χ2v) is 11.3. The Hall–Kier alpha value is -1.35. The number of alkyl halides is 2. The molecule has 5 nitrogen and oxygen atoms in total. The zero-order valence-electron chi connectivity index (χ0n) is 20.1. The Bertz CT molecular complexity index is 967. The van der Waals surface area contributed by atoms with E-state index in [1.807, 2.05) is 0 Å². The molecular weight excluding hydrogens is 462 g/mol. The van der Waals surface area contributed by atoms with Crippen molar-refractivity contribution in [2.75, 3.05) is 6.61 Å². The minimum atomic E-state index is -2.25. The molecule has 3 saturated carbocycles. The van der Waals surface area contributed by atoms with E-state index in [1.54, 1.807) is 20.8 Å². The van der Waals surface area contributed by atoms with E-state index in [4.69, 9.17) is 17.0 Å². The smallest absolute Gasteiger partial charge is 0.194 e. The Morgan fingerprint density at radius 1 is 1.35 bits per heavy atom. The number of carbonyl (C=O) groups is 2. The van der Waals surface area contributed by atoms with Gasteiger partial charge in [-0.3, -0.25) is 9.59 Å². The molecule has 4 aliphatic carbocycles. The van der Waals surface area contributed by atoms with Gasteiger partial charge in [0.05, 0.1) is 6.10 Å². The lowest BCUT2D eigenvalue weighted by molar-refractivity contribution is -0.225. The average molecular weight is 497 g/mol. The molecule has 188 valence electrons. The van der Waals surface area contributed by atoms with Crippen molar-refractivity contribution in [2.45, 2.75) is 83.0 Å². The van der Waals surface area contributed by atoms with Crippen LogP contribution in [-0.2, 0) is 14.3 Å². The van der Waals surface area contributed by atoms with Crippen LogP contribution in [0.3, 0.4) is 0 Å². The van der Waals surface area contributed by atoms with Crippen molar-refractivity contribution in [1.82, 2.24) is 0 Å². The monoisotopic (exact) mass is 496 g/mol. The van der Waals surface area contributed by atoms with Crippen molar-refractivity contribution in [1.29, 1.82) is 0 Å². The Morgan fingerprint density at radius 3 is 2.65 bits per heavy atom. The highest BCUT2D eigenvalue weighted by atomic mass is 32.1. The lowest BCUT2D eigenvalue weighted by Gasteiger charge is -2.63. The number of aliphatic hydroxyl groups is 2. The molecule has 0 aliphatic heterocycles. The van der Waals surface area contributed by atoms with Crippen LogP contribution in [-0.4, -0.2) is 63.4 Å². The van der Waals surface area contributed by atoms with Gasteiger partial charge in [0.2, 0.25) is 0 Å². The molecule has 0 saturated heterocycles. The highest BCUT2D eigenvalue weighted by Gasteiger charge is 2.76. The summed E-state index contributed by atoms with van der Waals surface area (Å²) in [7, 11) is 0. The first-order valence-corrected chi connectivity index (χ1v) is 12.6. The molecule has 4 rings (SSSR count). The molecule has 8 heteroatoms. The summed E-state index contributed by atoms with van der Waals surface area (Å²) in [5, 5.41) is 24.8. The Morgan fingerprint density at radius 2 is 2.03 bits per heavy atom. The molecule has 0 heterocycles. The maximum Gasteiger partial charge on any atom is 0.194 e. The summed E-state index contributed by atoms with van der Waals surface area (Å²) in [6.07, 6.45) is -0.247. The van der Waals surface area contributed by atoms with Crippen LogP contribution in [0.5, 0.6) is 0 Å². The number of allylic oxidation sites excluding steroid dienone is 4. The van der Waals surface area contributed by atoms with Gasteiger partial charge >= 0.3 is 0 Å². The first kappa shape index (κ1) is 25.7. The summed E-state index contributed by atoms with van der Waals surface area (Å²) in [5.41, 5.74) is -6.77. The van der Waals surface area contributed by atoms with Crippen LogP contribution in [0, 0.1) is 28.6 Å². The molecule has 2 N–H and O–H groups in total.